The zero-order chi connectivity index (χ0) is 12.6. The molecule has 0 bridgehead atoms. The van der Waals surface area contributed by atoms with Crippen molar-refractivity contribution in [1.82, 2.24) is 0 Å². The summed E-state index contributed by atoms with van der Waals surface area (Å²) < 4.78 is 3.34. The molecule has 0 fully saturated rings. The van der Waals surface area contributed by atoms with Crippen LogP contribution < -0.4 is 0 Å². The summed E-state index contributed by atoms with van der Waals surface area (Å²) in [6.45, 7) is 8.48. The summed E-state index contributed by atoms with van der Waals surface area (Å²) in [4.78, 5) is 0. The van der Waals surface area contributed by atoms with E-state index >= 15 is 0 Å². The van der Waals surface area contributed by atoms with E-state index in [1.807, 2.05) is 0 Å². The first-order valence-electron chi connectivity index (χ1n) is 5.44. The molecule has 0 nitrogen and oxygen atoms in total. The second kappa shape index (κ2) is 13.7. The van der Waals surface area contributed by atoms with Crippen LogP contribution in [0.4, 0.5) is 0 Å². The van der Waals surface area contributed by atoms with Crippen molar-refractivity contribution in [2.24, 2.45) is 0 Å². The third-order valence-electron chi connectivity index (χ3n) is 2.73. The third-order valence-corrected chi connectivity index (χ3v) is 2.73. The molecule has 3 heteroatoms. The monoisotopic (exact) mass is 362 g/mol. The van der Waals surface area contributed by atoms with Gasteiger partial charge in [0.05, 0.1) is 0 Å². The van der Waals surface area contributed by atoms with Gasteiger partial charge in [0.15, 0.2) is 0 Å². The van der Waals surface area contributed by atoms with Crippen LogP contribution in [0.1, 0.15) is 40.5 Å². The number of halogens is 2. The Balaban J connectivity index is -0.000000200. The summed E-state index contributed by atoms with van der Waals surface area (Å²) in [5.41, 5.74) is 5.56. The van der Waals surface area contributed by atoms with Crippen molar-refractivity contribution < 1.29 is 24.2 Å². The van der Waals surface area contributed by atoms with Crippen LogP contribution in [0.15, 0.2) is 34.4 Å². The molecule has 0 spiro atoms. The van der Waals surface area contributed by atoms with Crippen LogP contribution in [0.3, 0.4) is 0 Å². The van der Waals surface area contributed by atoms with Gasteiger partial charge in [0.25, 0.3) is 0 Å². The molecule has 0 saturated carbocycles. The Morgan fingerprint density at radius 3 is 1.78 bits per heavy atom. The minimum atomic E-state index is 0. The van der Waals surface area contributed by atoms with Crippen LogP contribution in [0.2, 0.25) is 0 Å². The van der Waals surface area contributed by atoms with Gasteiger partial charge in [-0.05, 0) is 0 Å². The van der Waals surface area contributed by atoms with E-state index in [1.54, 1.807) is 0 Å². The van der Waals surface area contributed by atoms with Crippen molar-refractivity contribution in [1.29, 1.82) is 0 Å². The van der Waals surface area contributed by atoms with Gasteiger partial charge in [0.1, 0.15) is 0 Å². The van der Waals surface area contributed by atoms with E-state index in [1.165, 1.54) is 46.5 Å². The first-order chi connectivity index (χ1) is 7.61. The van der Waals surface area contributed by atoms with Crippen molar-refractivity contribution in [3.8, 4) is 0 Å². The summed E-state index contributed by atoms with van der Waals surface area (Å²) in [7, 11) is 0. The Morgan fingerprint density at radius 1 is 1.11 bits per heavy atom. The van der Waals surface area contributed by atoms with Crippen molar-refractivity contribution in [3.05, 3.63) is 46.6 Å². The molecule has 18 heavy (non-hydrogen) atoms. The fraction of sp³-hybridized carbons (Fsp3) is 0.400. The van der Waals surface area contributed by atoms with Gasteiger partial charge in [-0.15, -0.1) is 51.5 Å². The Hall–Kier alpha value is 0.293. The van der Waals surface area contributed by atoms with E-state index in [9.17, 15) is 0 Å². The van der Waals surface area contributed by atoms with Crippen molar-refractivity contribution >= 4 is 29.0 Å². The zero-order valence-electron chi connectivity index (χ0n) is 11.6. The molecular formula is C15H22Cl2Zr. The standard InChI is InChI=1S/2C7H9.CH2.2ClH.Zr/c2*1-6-4-3-5-7(6)2;;;;/h4H,5H2,1-2H3;4H,3H2,1-2H3;1H2;2*1H;/q2*-1;;;;+2. The minimum absolute atomic E-state index is 0. The number of allylic oxidation sites excluding steroid dienone is 8. The summed E-state index contributed by atoms with van der Waals surface area (Å²) >= 11 is 1.30. The van der Waals surface area contributed by atoms with Gasteiger partial charge in [-0.2, -0.15) is 11.6 Å². The first-order valence-corrected chi connectivity index (χ1v) is 7.18. The molecule has 0 aromatic heterocycles. The van der Waals surface area contributed by atoms with Gasteiger partial charge in [0.2, 0.25) is 0 Å². The summed E-state index contributed by atoms with van der Waals surface area (Å²) in [5, 5.41) is 0. The molecule has 0 unspecified atom stereocenters. The molecule has 100 valence electrons. The fourth-order valence-electron chi connectivity index (χ4n) is 1.27. The predicted octanol–water partition coefficient (Wildman–Crippen LogP) is 4.98. The van der Waals surface area contributed by atoms with Crippen LogP contribution >= 0.6 is 24.8 Å². The molecule has 0 radical (unpaired) electrons. The molecule has 2 aliphatic rings. The number of hydrogen-bond donors (Lipinski definition) is 0. The van der Waals surface area contributed by atoms with Crippen LogP contribution in [-0.2, 0) is 24.2 Å². The molecule has 2 aliphatic carbocycles. The number of hydrogen-bond acceptors (Lipinski definition) is 0. The number of rotatable bonds is 0. The summed E-state index contributed by atoms with van der Waals surface area (Å²) in [6.07, 6.45) is 12.6. The van der Waals surface area contributed by atoms with Crippen LogP contribution in [0.5, 0.6) is 0 Å². The molecule has 0 aromatic carbocycles. The Kier molecular flexibility index (Phi) is 17.8. The quantitative estimate of drug-likeness (QED) is 0.532. The second-order valence-corrected chi connectivity index (χ2v) is 3.88. The Bertz CT molecular complexity index is 334. The topological polar surface area (TPSA) is 0 Å². The molecule has 2 rings (SSSR count). The van der Waals surface area contributed by atoms with E-state index in [0.717, 1.165) is 12.8 Å². The van der Waals surface area contributed by atoms with Crippen molar-refractivity contribution in [2.75, 3.05) is 0 Å². The molecule has 0 N–H and O–H groups in total. The van der Waals surface area contributed by atoms with Crippen LogP contribution in [-0.4, -0.2) is 4.21 Å². The van der Waals surface area contributed by atoms with Crippen LogP contribution in [0, 0.1) is 12.2 Å². The molecule has 0 aliphatic heterocycles. The predicted molar refractivity (Wildman–Crippen MR) is 83.2 cm³/mol. The third kappa shape index (κ3) is 9.25. The van der Waals surface area contributed by atoms with Gasteiger partial charge in [-0.3, -0.25) is 12.2 Å². The molecule has 0 aromatic rings. The van der Waals surface area contributed by atoms with Crippen molar-refractivity contribution in [3.63, 3.8) is 0 Å². The molecule has 0 saturated heterocycles. The van der Waals surface area contributed by atoms with E-state index < -0.39 is 0 Å². The van der Waals surface area contributed by atoms with Crippen molar-refractivity contribution in [2.45, 2.75) is 40.5 Å². The summed E-state index contributed by atoms with van der Waals surface area (Å²) in [5.74, 6) is 0. The normalized spacial score (nSPS) is 15.2. The van der Waals surface area contributed by atoms with E-state index in [4.69, 9.17) is 0 Å². The van der Waals surface area contributed by atoms with Gasteiger partial charge >= 0.3 is 28.4 Å². The Labute approximate surface area is 139 Å². The van der Waals surface area contributed by atoms with Gasteiger partial charge in [-0.25, -0.2) is 22.8 Å². The van der Waals surface area contributed by atoms with Gasteiger partial charge in [0, 0.05) is 0 Å². The van der Waals surface area contributed by atoms with E-state index in [-0.39, 0.29) is 24.8 Å². The molecular weight excluding hydrogens is 342 g/mol. The average molecular weight is 364 g/mol. The fourth-order valence-corrected chi connectivity index (χ4v) is 1.27. The average Bonchev–Trinajstić information content (AvgIpc) is 2.83. The maximum absolute atomic E-state index is 3.34. The molecule has 0 amide bonds. The first kappa shape index (κ1) is 23.4. The Morgan fingerprint density at radius 2 is 1.67 bits per heavy atom. The van der Waals surface area contributed by atoms with Gasteiger partial charge in [-0.1, -0.05) is 13.8 Å². The summed E-state index contributed by atoms with van der Waals surface area (Å²) in [6, 6.07) is 0. The second-order valence-electron chi connectivity index (χ2n) is 3.88. The van der Waals surface area contributed by atoms with Gasteiger partial charge < -0.3 is 0 Å². The van der Waals surface area contributed by atoms with E-state index in [2.05, 4.69) is 56.2 Å². The molecule has 0 atom stereocenters. The van der Waals surface area contributed by atoms with E-state index in [0.29, 0.717) is 0 Å². The zero-order valence-corrected chi connectivity index (χ0v) is 15.7. The van der Waals surface area contributed by atoms with Crippen LogP contribution in [0.25, 0.3) is 0 Å². The maximum atomic E-state index is 3.34. The SMILES string of the molecule is CC1=C(C)C[C-]=C1.CC1=[C-]CC=C1C.Cl.Cl.[CH2]=[Zr+2]. The molecule has 0 heterocycles.